The minimum atomic E-state index is -4.72. The molecule has 170 valence electrons. The molecule has 0 aliphatic carbocycles. The monoisotopic (exact) mass is 460 g/mol. The van der Waals surface area contributed by atoms with E-state index in [9.17, 15) is 28.1 Å². The fourth-order valence-electron chi connectivity index (χ4n) is 2.62. The summed E-state index contributed by atoms with van der Waals surface area (Å²) >= 11 is 0. The van der Waals surface area contributed by atoms with Gasteiger partial charge in [0.25, 0.3) is 5.69 Å². The number of benzene rings is 2. The van der Waals surface area contributed by atoms with Crippen LogP contribution in [0.15, 0.2) is 66.0 Å². The van der Waals surface area contributed by atoms with E-state index in [-0.39, 0.29) is 22.7 Å². The van der Waals surface area contributed by atoms with E-state index in [4.69, 9.17) is 9.47 Å². The maximum Gasteiger partial charge on any atom is 0.416 e. The highest BCUT2D eigenvalue weighted by Crippen LogP contribution is 2.35. The zero-order chi connectivity index (χ0) is 24.0. The Balaban J connectivity index is 1.75. The first-order valence-corrected chi connectivity index (χ1v) is 9.14. The highest BCUT2D eigenvalue weighted by atomic mass is 19.4. The number of aromatic nitrogens is 1. The Morgan fingerprint density at radius 3 is 2.61 bits per heavy atom. The van der Waals surface area contributed by atoms with E-state index in [1.165, 1.54) is 50.0 Å². The number of hydrogen-bond acceptors (Lipinski definition) is 8. The van der Waals surface area contributed by atoms with Crippen molar-refractivity contribution in [3.05, 3.63) is 87.7 Å². The Morgan fingerprint density at radius 2 is 1.97 bits per heavy atom. The van der Waals surface area contributed by atoms with Crippen LogP contribution >= 0.6 is 0 Å². The van der Waals surface area contributed by atoms with Crippen molar-refractivity contribution >= 4 is 23.6 Å². The zero-order valence-electron chi connectivity index (χ0n) is 16.9. The van der Waals surface area contributed by atoms with Crippen molar-refractivity contribution in [3.63, 3.8) is 0 Å². The third kappa shape index (κ3) is 5.81. The minimum absolute atomic E-state index is 0.134. The molecule has 0 amide bonds. The van der Waals surface area contributed by atoms with Gasteiger partial charge < -0.3 is 9.47 Å². The van der Waals surface area contributed by atoms with Gasteiger partial charge in [-0.3, -0.25) is 20.5 Å². The first-order chi connectivity index (χ1) is 15.7. The molecule has 1 heterocycles. The summed E-state index contributed by atoms with van der Waals surface area (Å²) in [5, 5.41) is 15.0. The van der Waals surface area contributed by atoms with E-state index < -0.39 is 28.3 Å². The van der Waals surface area contributed by atoms with E-state index in [1.807, 2.05) is 0 Å². The second-order valence-electron chi connectivity index (χ2n) is 6.40. The van der Waals surface area contributed by atoms with Crippen molar-refractivity contribution in [1.29, 1.82) is 0 Å². The number of alkyl halides is 3. The molecular formula is C21H15F3N4O5. The lowest BCUT2D eigenvalue weighted by molar-refractivity contribution is -0.384. The molecule has 3 aromatic rings. The molecule has 33 heavy (non-hydrogen) atoms. The van der Waals surface area contributed by atoms with E-state index in [0.29, 0.717) is 17.7 Å². The van der Waals surface area contributed by atoms with Crippen LogP contribution < -0.4 is 14.9 Å². The second-order valence-corrected chi connectivity index (χ2v) is 6.40. The average Bonchev–Trinajstić information content (AvgIpc) is 2.79. The minimum Gasteiger partial charge on any atom is -0.493 e. The number of anilines is 1. The first-order valence-electron chi connectivity index (χ1n) is 9.14. The molecule has 0 aliphatic rings. The predicted molar refractivity (Wildman–Crippen MR) is 112 cm³/mol. The molecule has 1 N–H and O–H groups in total. The summed E-state index contributed by atoms with van der Waals surface area (Å²) in [6.07, 6.45) is -0.595. The SMILES string of the molecule is COc1cc(/C=N/Nc2ccc(C(F)(F)F)cc2[N+](=O)[O-])ccc1OC(=O)c1cccnc1. The standard InChI is InChI=1S/C21H15F3N4O5/c1-32-19-9-13(4-7-18(19)33-20(29)14-3-2-8-25-12-14)11-26-27-16-6-5-15(21(22,23)24)10-17(16)28(30)31/h2-12,27H,1H3/b26-11+. The van der Waals surface area contributed by atoms with Gasteiger partial charge in [0, 0.05) is 18.5 Å². The number of nitrogens with zero attached hydrogens (tertiary/aromatic N) is 3. The molecule has 9 nitrogen and oxygen atoms in total. The number of halogens is 3. The lowest BCUT2D eigenvalue weighted by Gasteiger charge is -2.10. The van der Waals surface area contributed by atoms with Gasteiger partial charge >= 0.3 is 12.1 Å². The number of carbonyl (C=O) groups is 1. The van der Waals surface area contributed by atoms with Crippen LogP contribution in [0.5, 0.6) is 11.5 Å². The Bertz CT molecular complexity index is 1200. The van der Waals surface area contributed by atoms with Crippen LogP contribution in [0.4, 0.5) is 24.5 Å². The fraction of sp³-hybridized carbons (Fsp3) is 0.0952. The van der Waals surface area contributed by atoms with Crippen molar-refractivity contribution in [3.8, 4) is 11.5 Å². The van der Waals surface area contributed by atoms with Crippen molar-refractivity contribution in [2.75, 3.05) is 12.5 Å². The molecule has 12 heteroatoms. The normalized spacial score (nSPS) is 11.3. The van der Waals surface area contributed by atoms with Gasteiger partial charge in [0.2, 0.25) is 0 Å². The summed E-state index contributed by atoms with van der Waals surface area (Å²) in [7, 11) is 1.36. The molecule has 0 radical (unpaired) electrons. The van der Waals surface area contributed by atoms with Crippen molar-refractivity contribution in [2.24, 2.45) is 5.10 Å². The smallest absolute Gasteiger partial charge is 0.416 e. The van der Waals surface area contributed by atoms with Gasteiger partial charge in [0.1, 0.15) is 5.69 Å². The van der Waals surface area contributed by atoms with E-state index in [1.54, 1.807) is 6.07 Å². The van der Waals surface area contributed by atoms with Crippen LogP contribution in [0, 0.1) is 10.1 Å². The molecule has 0 atom stereocenters. The molecule has 0 saturated heterocycles. The quantitative estimate of drug-likeness (QED) is 0.179. The number of methoxy groups -OCH3 is 1. The Labute approximate surface area is 184 Å². The number of esters is 1. The van der Waals surface area contributed by atoms with Gasteiger partial charge in [-0.05, 0) is 48.0 Å². The van der Waals surface area contributed by atoms with Gasteiger partial charge in [0.15, 0.2) is 11.5 Å². The third-order valence-electron chi connectivity index (χ3n) is 4.21. The maximum atomic E-state index is 12.8. The number of pyridine rings is 1. The lowest BCUT2D eigenvalue weighted by atomic mass is 10.1. The molecule has 1 aromatic heterocycles. The highest BCUT2D eigenvalue weighted by molar-refractivity contribution is 5.91. The Hall–Kier alpha value is -4.48. The first kappa shape index (κ1) is 23.2. The highest BCUT2D eigenvalue weighted by Gasteiger charge is 2.33. The van der Waals surface area contributed by atoms with Crippen LogP contribution in [0.2, 0.25) is 0 Å². The molecule has 0 unspecified atom stereocenters. The molecule has 3 rings (SSSR count). The molecule has 0 spiro atoms. The molecule has 2 aromatic carbocycles. The molecule has 0 fully saturated rings. The average molecular weight is 460 g/mol. The van der Waals surface area contributed by atoms with Crippen molar-refractivity contribution < 1.29 is 32.4 Å². The van der Waals surface area contributed by atoms with Crippen LogP contribution in [0.3, 0.4) is 0 Å². The van der Waals surface area contributed by atoms with Gasteiger partial charge in [-0.25, -0.2) is 4.79 Å². The number of nitrogens with one attached hydrogen (secondary N) is 1. The number of nitro benzene ring substituents is 1. The zero-order valence-corrected chi connectivity index (χ0v) is 16.9. The largest absolute Gasteiger partial charge is 0.493 e. The Kier molecular flexibility index (Phi) is 6.86. The third-order valence-corrected chi connectivity index (χ3v) is 4.21. The number of nitro groups is 1. The maximum absolute atomic E-state index is 12.8. The van der Waals surface area contributed by atoms with Gasteiger partial charge in [0.05, 0.1) is 29.4 Å². The Morgan fingerprint density at radius 1 is 1.18 bits per heavy atom. The molecule has 0 saturated carbocycles. The number of ether oxygens (including phenoxy) is 2. The summed E-state index contributed by atoms with van der Waals surface area (Å²) in [5.41, 5.74) is 0.899. The topological polar surface area (TPSA) is 116 Å². The predicted octanol–water partition coefficient (Wildman–Crippen LogP) is 4.68. The van der Waals surface area contributed by atoms with Crippen LogP contribution in [0.1, 0.15) is 21.5 Å². The summed E-state index contributed by atoms with van der Waals surface area (Å²) in [6, 6.07) is 9.63. The summed E-state index contributed by atoms with van der Waals surface area (Å²) in [4.78, 5) is 26.2. The van der Waals surface area contributed by atoms with E-state index in [2.05, 4.69) is 15.5 Å². The van der Waals surface area contributed by atoms with E-state index >= 15 is 0 Å². The number of carbonyl (C=O) groups excluding carboxylic acids is 1. The molecule has 0 aliphatic heterocycles. The number of hydrogen-bond donors (Lipinski definition) is 1. The van der Waals surface area contributed by atoms with Gasteiger partial charge in [-0.2, -0.15) is 18.3 Å². The molecule has 0 bridgehead atoms. The van der Waals surface area contributed by atoms with Crippen LogP contribution in [0.25, 0.3) is 0 Å². The van der Waals surface area contributed by atoms with Crippen LogP contribution in [-0.4, -0.2) is 29.2 Å². The lowest BCUT2D eigenvalue weighted by Crippen LogP contribution is -2.09. The second kappa shape index (κ2) is 9.77. The number of hydrazone groups is 1. The molecular weight excluding hydrogens is 445 g/mol. The van der Waals surface area contributed by atoms with E-state index in [0.717, 1.165) is 6.07 Å². The summed E-state index contributed by atoms with van der Waals surface area (Å²) < 4.78 is 48.9. The van der Waals surface area contributed by atoms with Crippen LogP contribution in [-0.2, 0) is 6.18 Å². The fourth-order valence-corrected chi connectivity index (χ4v) is 2.62. The summed E-state index contributed by atoms with van der Waals surface area (Å²) in [6.45, 7) is 0. The van der Waals surface area contributed by atoms with Gasteiger partial charge in [-0.1, -0.05) is 0 Å². The van der Waals surface area contributed by atoms with Gasteiger partial charge in [-0.15, -0.1) is 0 Å². The summed E-state index contributed by atoms with van der Waals surface area (Å²) in [5.74, 6) is -0.300. The van der Waals surface area contributed by atoms with Crippen molar-refractivity contribution in [2.45, 2.75) is 6.18 Å². The van der Waals surface area contributed by atoms with Crippen molar-refractivity contribution in [1.82, 2.24) is 4.98 Å². The number of rotatable bonds is 7.